The van der Waals surface area contributed by atoms with Gasteiger partial charge in [-0.25, -0.2) is 0 Å². The number of hydrogen-bond acceptors (Lipinski definition) is 5. The zero-order chi connectivity index (χ0) is 20.0. The van der Waals surface area contributed by atoms with Gasteiger partial charge in [0.2, 0.25) is 0 Å². The van der Waals surface area contributed by atoms with Crippen molar-refractivity contribution < 1.29 is 14.3 Å². The smallest absolute Gasteiger partial charge is 0.274 e. The minimum atomic E-state index is 0.0715. The van der Waals surface area contributed by atoms with Gasteiger partial charge < -0.3 is 14.4 Å². The summed E-state index contributed by atoms with van der Waals surface area (Å²) < 4.78 is 13.8. The van der Waals surface area contributed by atoms with Gasteiger partial charge in [0, 0.05) is 58.2 Å². The number of hydrogen-bond donors (Lipinski definition) is 0. The summed E-state index contributed by atoms with van der Waals surface area (Å²) in [5.41, 5.74) is 1.76. The van der Waals surface area contributed by atoms with E-state index >= 15 is 0 Å². The summed E-state index contributed by atoms with van der Waals surface area (Å²) in [7, 11) is 1.89. The van der Waals surface area contributed by atoms with Crippen molar-refractivity contribution in [2.24, 2.45) is 13.0 Å². The number of aromatic nitrogens is 2. The molecule has 1 unspecified atom stereocenters. The Balaban J connectivity index is 1.20. The van der Waals surface area contributed by atoms with Crippen molar-refractivity contribution in [3.63, 3.8) is 0 Å². The van der Waals surface area contributed by atoms with E-state index in [4.69, 9.17) is 9.47 Å². The minimum Gasteiger partial charge on any atom is -0.381 e. The quantitative estimate of drug-likeness (QED) is 0.754. The topological polar surface area (TPSA) is 59.8 Å². The molecule has 1 aromatic rings. The monoisotopic (exact) mass is 402 g/mol. The lowest BCUT2D eigenvalue weighted by atomic mass is 9.73. The van der Waals surface area contributed by atoms with Gasteiger partial charge in [0.25, 0.3) is 5.91 Å². The van der Waals surface area contributed by atoms with E-state index in [9.17, 15) is 4.79 Å². The molecule has 7 nitrogen and oxygen atoms in total. The molecule has 1 atom stereocenters. The average molecular weight is 403 g/mol. The third-order valence-electron chi connectivity index (χ3n) is 7.65. The molecule has 7 heteroatoms. The second-order valence-electron chi connectivity index (χ2n) is 9.45. The SMILES string of the molecule is Cc1cc(C(=O)N2CCC(N3CC(OCC4CC4)C34CCOCC4)CC2)nn1C. The van der Waals surface area contributed by atoms with Crippen molar-refractivity contribution in [1.29, 1.82) is 0 Å². The predicted molar refractivity (Wildman–Crippen MR) is 109 cm³/mol. The van der Waals surface area contributed by atoms with E-state index in [0.29, 0.717) is 17.8 Å². The molecule has 0 aromatic carbocycles. The molecule has 160 valence electrons. The van der Waals surface area contributed by atoms with Crippen molar-refractivity contribution in [3.8, 4) is 0 Å². The Morgan fingerprint density at radius 1 is 1.24 bits per heavy atom. The molecular formula is C22H34N4O3. The molecule has 4 fully saturated rings. The Labute approximate surface area is 173 Å². The summed E-state index contributed by atoms with van der Waals surface area (Å²) in [4.78, 5) is 17.5. The van der Waals surface area contributed by atoms with Gasteiger partial charge in [-0.1, -0.05) is 0 Å². The Hall–Kier alpha value is -1.44. The maximum atomic E-state index is 12.8. The first kappa shape index (κ1) is 19.5. The Kier molecular flexibility index (Phi) is 5.16. The summed E-state index contributed by atoms with van der Waals surface area (Å²) in [6, 6.07) is 2.44. The number of ether oxygens (including phenoxy) is 2. The first-order chi connectivity index (χ1) is 14.1. The maximum absolute atomic E-state index is 12.8. The number of aryl methyl sites for hydroxylation is 2. The summed E-state index contributed by atoms with van der Waals surface area (Å²) >= 11 is 0. The van der Waals surface area contributed by atoms with Crippen LogP contribution in [0.5, 0.6) is 0 Å². The van der Waals surface area contributed by atoms with Crippen LogP contribution in [0.1, 0.15) is 54.7 Å². The van der Waals surface area contributed by atoms with Crippen LogP contribution in [0.4, 0.5) is 0 Å². The molecule has 1 spiro atoms. The Morgan fingerprint density at radius 2 is 1.97 bits per heavy atom. The van der Waals surface area contributed by atoms with Crippen molar-refractivity contribution in [1.82, 2.24) is 19.6 Å². The van der Waals surface area contributed by atoms with Gasteiger partial charge in [-0.2, -0.15) is 5.10 Å². The molecule has 29 heavy (non-hydrogen) atoms. The highest BCUT2D eigenvalue weighted by atomic mass is 16.5. The summed E-state index contributed by atoms with van der Waals surface area (Å²) in [6.45, 7) is 7.29. The molecule has 1 amide bonds. The standard InChI is InChI=1S/C22H34N4O3/c1-16-13-19(23-24(16)2)21(27)25-9-5-18(6-10-25)26-14-20(29-15-17-3-4-17)22(26)7-11-28-12-8-22/h13,17-18,20H,3-12,14-15H2,1-2H3. The lowest BCUT2D eigenvalue weighted by molar-refractivity contribution is -0.217. The van der Waals surface area contributed by atoms with Crippen LogP contribution in [0.3, 0.4) is 0 Å². The van der Waals surface area contributed by atoms with Gasteiger partial charge in [-0.05, 0) is 57.4 Å². The minimum absolute atomic E-state index is 0.0715. The first-order valence-electron chi connectivity index (χ1n) is 11.3. The summed E-state index contributed by atoms with van der Waals surface area (Å²) in [6.07, 6.45) is 7.28. The third kappa shape index (κ3) is 3.62. The van der Waals surface area contributed by atoms with E-state index in [1.165, 1.54) is 12.8 Å². The van der Waals surface area contributed by atoms with Crippen LogP contribution < -0.4 is 0 Å². The molecule has 0 radical (unpaired) electrons. The van der Waals surface area contributed by atoms with E-state index in [0.717, 1.165) is 76.8 Å². The number of amides is 1. The van der Waals surface area contributed by atoms with E-state index in [1.54, 1.807) is 4.68 Å². The Morgan fingerprint density at radius 3 is 2.59 bits per heavy atom. The fraction of sp³-hybridized carbons (Fsp3) is 0.818. The fourth-order valence-corrected chi connectivity index (χ4v) is 5.40. The van der Waals surface area contributed by atoms with E-state index in [1.807, 2.05) is 24.9 Å². The Bertz CT molecular complexity index is 726. The third-order valence-corrected chi connectivity index (χ3v) is 7.65. The van der Waals surface area contributed by atoms with Crippen LogP contribution in [0, 0.1) is 12.8 Å². The van der Waals surface area contributed by atoms with Crippen LogP contribution in [-0.2, 0) is 16.5 Å². The van der Waals surface area contributed by atoms with Crippen molar-refractivity contribution in [2.75, 3.05) is 39.5 Å². The molecule has 3 saturated heterocycles. The fourth-order valence-electron chi connectivity index (χ4n) is 5.40. The summed E-state index contributed by atoms with van der Waals surface area (Å²) in [5.74, 6) is 0.882. The first-order valence-corrected chi connectivity index (χ1v) is 11.3. The number of piperidine rings is 1. The highest BCUT2D eigenvalue weighted by molar-refractivity contribution is 5.92. The van der Waals surface area contributed by atoms with Gasteiger partial charge >= 0.3 is 0 Å². The average Bonchev–Trinajstić information content (AvgIpc) is 3.51. The van der Waals surface area contributed by atoms with Gasteiger partial charge in [-0.15, -0.1) is 0 Å². The molecule has 4 aliphatic rings. The molecule has 0 bridgehead atoms. The number of nitrogens with zero attached hydrogens (tertiary/aromatic N) is 4. The maximum Gasteiger partial charge on any atom is 0.274 e. The van der Waals surface area contributed by atoms with E-state index in [2.05, 4.69) is 10.00 Å². The predicted octanol–water partition coefficient (Wildman–Crippen LogP) is 1.99. The van der Waals surface area contributed by atoms with Crippen molar-refractivity contribution in [2.45, 2.75) is 63.1 Å². The van der Waals surface area contributed by atoms with Crippen molar-refractivity contribution >= 4 is 5.91 Å². The van der Waals surface area contributed by atoms with Crippen LogP contribution >= 0.6 is 0 Å². The molecule has 0 N–H and O–H groups in total. The molecule has 5 rings (SSSR count). The van der Waals surface area contributed by atoms with Gasteiger partial charge in [0.05, 0.1) is 11.6 Å². The van der Waals surface area contributed by atoms with E-state index in [-0.39, 0.29) is 11.4 Å². The van der Waals surface area contributed by atoms with Gasteiger partial charge in [-0.3, -0.25) is 14.4 Å². The summed E-state index contributed by atoms with van der Waals surface area (Å²) in [5, 5.41) is 4.37. The van der Waals surface area contributed by atoms with Crippen LogP contribution in [-0.4, -0.2) is 82.6 Å². The largest absolute Gasteiger partial charge is 0.381 e. The van der Waals surface area contributed by atoms with Crippen LogP contribution in [0.2, 0.25) is 0 Å². The lowest BCUT2D eigenvalue weighted by Crippen LogP contribution is -2.76. The number of carbonyl (C=O) groups excluding carboxylic acids is 1. The lowest BCUT2D eigenvalue weighted by Gasteiger charge is -2.63. The molecule has 4 heterocycles. The number of likely N-dealkylation sites (tertiary alicyclic amines) is 2. The van der Waals surface area contributed by atoms with E-state index < -0.39 is 0 Å². The number of rotatable bonds is 5. The second kappa shape index (κ2) is 7.67. The molecule has 1 aromatic heterocycles. The van der Waals surface area contributed by atoms with Gasteiger partial charge in [0.1, 0.15) is 0 Å². The highest BCUT2D eigenvalue weighted by Gasteiger charge is 2.57. The molecular weight excluding hydrogens is 368 g/mol. The molecule has 1 aliphatic carbocycles. The van der Waals surface area contributed by atoms with Crippen LogP contribution in [0.25, 0.3) is 0 Å². The molecule has 1 saturated carbocycles. The normalized spacial score (nSPS) is 27.9. The second-order valence-corrected chi connectivity index (χ2v) is 9.45. The zero-order valence-corrected chi connectivity index (χ0v) is 17.8. The van der Waals surface area contributed by atoms with Crippen LogP contribution in [0.15, 0.2) is 6.07 Å². The highest BCUT2D eigenvalue weighted by Crippen LogP contribution is 2.45. The van der Waals surface area contributed by atoms with Gasteiger partial charge in [0.15, 0.2) is 5.69 Å². The molecule has 3 aliphatic heterocycles. The van der Waals surface area contributed by atoms with Crippen molar-refractivity contribution in [3.05, 3.63) is 17.5 Å². The number of carbonyl (C=O) groups is 1. The zero-order valence-electron chi connectivity index (χ0n) is 17.8.